The molecule has 6 heteroatoms. The average molecular weight is 357 g/mol. The summed E-state index contributed by atoms with van der Waals surface area (Å²) in [5.41, 5.74) is 4.06. The van der Waals surface area contributed by atoms with Gasteiger partial charge < -0.3 is 10.6 Å². The van der Waals surface area contributed by atoms with Crippen molar-refractivity contribution >= 4 is 40.3 Å². The Bertz CT molecular complexity index is 859. The van der Waals surface area contributed by atoms with Crippen molar-refractivity contribution < 1.29 is 0 Å². The van der Waals surface area contributed by atoms with Gasteiger partial charge in [0.1, 0.15) is 0 Å². The maximum atomic E-state index is 6.01. The van der Waals surface area contributed by atoms with Gasteiger partial charge in [-0.3, -0.25) is 4.68 Å². The van der Waals surface area contributed by atoms with E-state index in [0.29, 0.717) is 11.7 Å². The predicted molar refractivity (Wildman–Crippen MR) is 104 cm³/mol. The van der Waals surface area contributed by atoms with Crippen LogP contribution in [0.3, 0.4) is 0 Å². The second-order valence-corrected chi connectivity index (χ2v) is 6.30. The Balaban J connectivity index is 1.61. The molecule has 0 aliphatic heterocycles. The van der Waals surface area contributed by atoms with Crippen LogP contribution in [0.25, 0.3) is 0 Å². The molecule has 3 aromatic rings. The van der Waals surface area contributed by atoms with Crippen molar-refractivity contribution in [2.75, 3.05) is 10.6 Å². The van der Waals surface area contributed by atoms with Crippen molar-refractivity contribution in [1.29, 1.82) is 0 Å². The van der Waals surface area contributed by atoms with Crippen LogP contribution in [0, 0.1) is 6.92 Å². The lowest BCUT2D eigenvalue weighted by molar-refractivity contribution is 0.687. The van der Waals surface area contributed by atoms with Crippen molar-refractivity contribution in [3.05, 3.63) is 77.1 Å². The molecule has 0 bridgehead atoms. The summed E-state index contributed by atoms with van der Waals surface area (Å²) in [5.74, 6) is 0. The predicted octanol–water partition coefficient (Wildman–Crippen LogP) is 4.70. The number of anilines is 2. The number of halogens is 1. The molecule has 4 nitrogen and oxygen atoms in total. The van der Waals surface area contributed by atoms with Crippen LogP contribution in [0.1, 0.15) is 11.1 Å². The van der Waals surface area contributed by atoms with Crippen LogP contribution in [0.2, 0.25) is 5.02 Å². The van der Waals surface area contributed by atoms with Crippen LogP contribution >= 0.6 is 23.8 Å². The molecular formula is C18H17ClN4S. The molecule has 24 heavy (non-hydrogen) atoms. The molecule has 0 spiro atoms. The highest BCUT2D eigenvalue weighted by atomic mass is 35.5. The lowest BCUT2D eigenvalue weighted by Gasteiger charge is -2.11. The zero-order valence-corrected chi connectivity index (χ0v) is 14.7. The molecule has 0 radical (unpaired) electrons. The van der Waals surface area contributed by atoms with Crippen LogP contribution in [-0.2, 0) is 6.54 Å². The van der Waals surface area contributed by atoms with E-state index in [1.165, 1.54) is 0 Å². The lowest BCUT2D eigenvalue weighted by atomic mass is 10.2. The lowest BCUT2D eigenvalue weighted by Crippen LogP contribution is -2.19. The van der Waals surface area contributed by atoms with Gasteiger partial charge in [-0.15, -0.1) is 0 Å². The molecule has 0 aliphatic rings. The van der Waals surface area contributed by atoms with Gasteiger partial charge in [-0.05, 0) is 48.5 Å². The van der Waals surface area contributed by atoms with Crippen LogP contribution in [0.4, 0.5) is 11.4 Å². The van der Waals surface area contributed by atoms with Crippen molar-refractivity contribution in [2.24, 2.45) is 0 Å². The van der Waals surface area contributed by atoms with E-state index in [-0.39, 0.29) is 0 Å². The standard InChI is InChI=1S/C18H17ClN4S/c1-13-5-2-3-8-17(13)22-18(24)21-16-10-20-23(12-16)11-14-6-4-7-15(19)9-14/h2-10,12H,11H2,1H3,(H2,21,22,24). The van der Waals surface area contributed by atoms with Crippen molar-refractivity contribution in [1.82, 2.24) is 9.78 Å². The SMILES string of the molecule is Cc1ccccc1NC(=S)Nc1cnn(Cc2cccc(Cl)c2)c1. The van der Waals surface area contributed by atoms with E-state index >= 15 is 0 Å². The van der Waals surface area contributed by atoms with Gasteiger partial charge in [0.15, 0.2) is 5.11 Å². The van der Waals surface area contributed by atoms with Gasteiger partial charge >= 0.3 is 0 Å². The first-order valence-corrected chi connectivity index (χ1v) is 8.29. The number of rotatable bonds is 4. The number of hydrogen-bond donors (Lipinski definition) is 2. The molecular weight excluding hydrogens is 340 g/mol. The third-order valence-corrected chi connectivity index (χ3v) is 3.96. The van der Waals surface area contributed by atoms with Crippen LogP contribution in [0.5, 0.6) is 0 Å². The van der Waals surface area contributed by atoms with Gasteiger partial charge in [-0.2, -0.15) is 5.10 Å². The van der Waals surface area contributed by atoms with E-state index < -0.39 is 0 Å². The zero-order chi connectivity index (χ0) is 16.9. The maximum Gasteiger partial charge on any atom is 0.175 e. The van der Waals surface area contributed by atoms with Crippen LogP contribution in [0.15, 0.2) is 60.9 Å². The summed E-state index contributed by atoms with van der Waals surface area (Å²) in [6.07, 6.45) is 3.66. The van der Waals surface area contributed by atoms with Gasteiger partial charge in [0, 0.05) is 16.9 Å². The fourth-order valence-electron chi connectivity index (χ4n) is 2.33. The Labute approximate surface area is 151 Å². The minimum absolute atomic E-state index is 0.534. The van der Waals surface area contributed by atoms with E-state index in [0.717, 1.165) is 27.5 Å². The Morgan fingerprint density at radius 2 is 2.00 bits per heavy atom. The molecule has 3 rings (SSSR count). The fraction of sp³-hybridized carbons (Fsp3) is 0.111. The number of benzene rings is 2. The number of aromatic nitrogens is 2. The summed E-state index contributed by atoms with van der Waals surface area (Å²) in [7, 11) is 0. The van der Waals surface area contributed by atoms with Crippen molar-refractivity contribution in [3.8, 4) is 0 Å². The molecule has 1 aromatic heterocycles. The molecule has 0 atom stereocenters. The van der Waals surface area contributed by atoms with Gasteiger partial charge in [-0.1, -0.05) is 41.9 Å². The largest absolute Gasteiger partial charge is 0.332 e. The van der Waals surface area contributed by atoms with Crippen LogP contribution < -0.4 is 10.6 Å². The smallest absolute Gasteiger partial charge is 0.175 e. The average Bonchev–Trinajstić information content (AvgIpc) is 2.96. The molecule has 122 valence electrons. The summed E-state index contributed by atoms with van der Waals surface area (Å²) in [6, 6.07) is 15.7. The van der Waals surface area contributed by atoms with E-state index in [1.807, 2.05) is 66.3 Å². The summed E-state index contributed by atoms with van der Waals surface area (Å²) >= 11 is 11.4. The Hall–Kier alpha value is -2.37. The van der Waals surface area contributed by atoms with E-state index in [9.17, 15) is 0 Å². The molecule has 0 unspecified atom stereocenters. The highest BCUT2D eigenvalue weighted by molar-refractivity contribution is 7.80. The molecule has 2 N–H and O–H groups in total. The van der Waals surface area contributed by atoms with Gasteiger partial charge in [0.2, 0.25) is 0 Å². The van der Waals surface area contributed by atoms with Gasteiger partial charge in [-0.25, -0.2) is 0 Å². The second-order valence-electron chi connectivity index (χ2n) is 5.45. The summed E-state index contributed by atoms with van der Waals surface area (Å²) < 4.78 is 1.84. The van der Waals surface area contributed by atoms with Gasteiger partial charge in [0.25, 0.3) is 0 Å². The molecule has 0 saturated carbocycles. The number of aryl methyl sites for hydroxylation is 1. The highest BCUT2D eigenvalue weighted by Crippen LogP contribution is 2.15. The molecule has 2 aromatic carbocycles. The Morgan fingerprint density at radius 3 is 2.79 bits per heavy atom. The van der Waals surface area contributed by atoms with E-state index in [4.69, 9.17) is 23.8 Å². The minimum atomic E-state index is 0.534. The van der Waals surface area contributed by atoms with Crippen molar-refractivity contribution in [3.63, 3.8) is 0 Å². The monoisotopic (exact) mass is 356 g/mol. The molecule has 0 saturated heterocycles. The molecule has 0 fully saturated rings. The van der Waals surface area contributed by atoms with E-state index in [1.54, 1.807) is 6.20 Å². The Morgan fingerprint density at radius 1 is 1.17 bits per heavy atom. The first-order valence-electron chi connectivity index (χ1n) is 7.51. The van der Waals surface area contributed by atoms with Crippen molar-refractivity contribution in [2.45, 2.75) is 13.5 Å². The topological polar surface area (TPSA) is 41.9 Å². The number of hydrogen-bond acceptors (Lipinski definition) is 2. The third kappa shape index (κ3) is 4.34. The number of nitrogens with zero attached hydrogens (tertiary/aromatic N) is 2. The minimum Gasteiger partial charge on any atom is -0.332 e. The number of thiocarbonyl (C=S) groups is 1. The van der Waals surface area contributed by atoms with Crippen LogP contribution in [-0.4, -0.2) is 14.9 Å². The summed E-state index contributed by atoms with van der Waals surface area (Å²) in [4.78, 5) is 0. The number of para-hydroxylation sites is 1. The highest BCUT2D eigenvalue weighted by Gasteiger charge is 2.04. The zero-order valence-electron chi connectivity index (χ0n) is 13.2. The maximum absolute atomic E-state index is 6.01. The molecule has 1 heterocycles. The van der Waals surface area contributed by atoms with Gasteiger partial charge in [0.05, 0.1) is 18.4 Å². The summed E-state index contributed by atoms with van der Waals surface area (Å²) in [6.45, 7) is 2.69. The first kappa shape index (κ1) is 16.5. The summed E-state index contributed by atoms with van der Waals surface area (Å²) in [5, 5.41) is 11.9. The third-order valence-electron chi connectivity index (χ3n) is 3.52. The quantitative estimate of drug-likeness (QED) is 0.665. The normalized spacial score (nSPS) is 10.4. The Kier molecular flexibility index (Phi) is 5.13. The van der Waals surface area contributed by atoms with E-state index in [2.05, 4.69) is 15.7 Å². The molecule has 0 aliphatic carbocycles. The second kappa shape index (κ2) is 7.47. The number of nitrogens with one attached hydrogen (secondary N) is 2. The molecule has 0 amide bonds. The first-order chi connectivity index (χ1) is 11.6. The fourth-order valence-corrected chi connectivity index (χ4v) is 2.78.